The normalized spacial score (nSPS) is 19.7. The third-order valence-corrected chi connectivity index (χ3v) is 4.74. The van der Waals surface area contributed by atoms with E-state index in [9.17, 15) is 19.7 Å². The van der Waals surface area contributed by atoms with E-state index in [1.807, 2.05) is 0 Å². The fraction of sp³-hybridized carbons (Fsp3) is 0.529. The van der Waals surface area contributed by atoms with Crippen LogP contribution in [0.1, 0.15) is 25.8 Å². The van der Waals surface area contributed by atoms with Crippen molar-refractivity contribution in [1.82, 2.24) is 4.90 Å². The molecule has 0 radical (unpaired) electrons. The van der Waals surface area contributed by atoms with E-state index in [-0.39, 0.29) is 30.2 Å². The number of nitrogens with zero attached hydrogens (tertiary/aromatic N) is 2. The molecule has 0 aromatic heterocycles. The Morgan fingerprint density at radius 2 is 2.00 bits per heavy atom. The molecule has 10 heteroatoms. The molecule has 2 atom stereocenters. The molecule has 1 saturated heterocycles. The van der Waals surface area contributed by atoms with Crippen molar-refractivity contribution >= 4 is 30.3 Å². The zero-order valence-electron chi connectivity index (χ0n) is 15.2. The summed E-state index contributed by atoms with van der Waals surface area (Å²) < 4.78 is 10.9. The molecule has 9 nitrogen and oxygen atoms in total. The van der Waals surface area contributed by atoms with E-state index >= 15 is 0 Å². The average Bonchev–Trinajstić information content (AvgIpc) is 2.99. The van der Waals surface area contributed by atoms with Gasteiger partial charge in [-0.15, -0.1) is 0 Å². The van der Waals surface area contributed by atoms with Crippen LogP contribution in [0.25, 0.3) is 0 Å². The predicted octanol–water partition coefficient (Wildman–Crippen LogP) is 1.88. The van der Waals surface area contributed by atoms with Gasteiger partial charge in [0.05, 0.1) is 17.6 Å². The number of ether oxygens (including phenoxy) is 2. The van der Waals surface area contributed by atoms with Gasteiger partial charge < -0.3 is 20.1 Å². The molecule has 1 aliphatic heterocycles. The van der Waals surface area contributed by atoms with Crippen LogP contribution < -0.4 is 5.73 Å². The van der Waals surface area contributed by atoms with Crippen LogP contribution in [0.4, 0.5) is 10.5 Å². The molecule has 2 N–H and O–H groups in total. The van der Waals surface area contributed by atoms with Gasteiger partial charge in [0.2, 0.25) is 5.91 Å². The smallest absolute Gasteiger partial charge is 0.410 e. The van der Waals surface area contributed by atoms with Gasteiger partial charge in [0, 0.05) is 23.9 Å². The van der Waals surface area contributed by atoms with Crippen molar-refractivity contribution in [2.45, 2.75) is 43.8 Å². The Morgan fingerprint density at radius 3 is 2.56 bits per heavy atom. The van der Waals surface area contributed by atoms with Gasteiger partial charge in [0.25, 0.3) is 5.69 Å². The topological polar surface area (TPSA) is 125 Å². The highest BCUT2D eigenvalue weighted by Crippen LogP contribution is 2.25. The molecule has 1 aromatic carbocycles. The third kappa shape index (κ3) is 5.57. The highest BCUT2D eigenvalue weighted by atomic mass is 32.1. The number of hydrogen-bond acceptors (Lipinski definition) is 7. The molecule has 2 rings (SSSR count). The molecule has 1 fully saturated rings. The lowest BCUT2D eigenvalue weighted by atomic mass is 10.1. The molecule has 148 valence electrons. The molecule has 1 aromatic rings. The zero-order valence-corrected chi connectivity index (χ0v) is 16.1. The fourth-order valence-electron chi connectivity index (χ4n) is 2.59. The SMILES string of the molecule is CC(C)(OC[C@@H]1C[C@H](S)CN1C(=O)OCc1ccc([N+](=O)[O-])cc1)C(N)=O. The van der Waals surface area contributed by atoms with Gasteiger partial charge in [-0.1, -0.05) is 0 Å². The number of carbonyl (C=O) groups is 2. The van der Waals surface area contributed by atoms with Gasteiger partial charge in [0.1, 0.15) is 12.2 Å². The number of rotatable bonds is 7. The van der Waals surface area contributed by atoms with Crippen molar-refractivity contribution in [1.29, 1.82) is 0 Å². The summed E-state index contributed by atoms with van der Waals surface area (Å²) >= 11 is 4.42. The Morgan fingerprint density at radius 1 is 1.37 bits per heavy atom. The summed E-state index contributed by atoms with van der Waals surface area (Å²) in [6.07, 6.45) is 0.0697. The van der Waals surface area contributed by atoms with Gasteiger partial charge >= 0.3 is 6.09 Å². The molecule has 0 spiro atoms. The molecule has 27 heavy (non-hydrogen) atoms. The second-order valence-corrected chi connectivity index (χ2v) is 7.59. The quantitative estimate of drug-likeness (QED) is 0.411. The standard InChI is InChI=1S/C17H23N3O6S/c1-17(2,15(18)21)26-10-13-7-14(27)8-19(13)16(22)25-9-11-3-5-12(6-4-11)20(23)24/h3-6,13-14,27H,7-10H2,1-2H3,(H2,18,21)/t13-,14-/m0/s1. The van der Waals surface area contributed by atoms with Crippen molar-refractivity contribution in [2.75, 3.05) is 13.2 Å². The number of nitrogens with two attached hydrogens (primary N) is 1. The van der Waals surface area contributed by atoms with Gasteiger partial charge in [0.15, 0.2) is 0 Å². The first-order valence-electron chi connectivity index (χ1n) is 8.39. The van der Waals surface area contributed by atoms with Crippen molar-refractivity contribution in [3.8, 4) is 0 Å². The second-order valence-electron chi connectivity index (χ2n) is 6.86. The van der Waals surface area contributed by atoms with Crippen LogP contribution in [0, 0.1) is 10.1 Å². The number of non-ortho nitro benzene ring substituents is 1. The average molecular weight is 397 g/mol. The van der Waals surface area contributed by atoms with E-state index in [0.29, 0.717) is 18.5 Å². The van der Waals surface area contributed by atoms with E-state index < -0.39 is 22.5 Å². The van der Waals surface area contributed by atoms with E-state index in [1.54, 1.807) is 13.8 Å². The Labute approximate surface area is 162 Å². The summed E-state index contributed by atoms with van der Waals surface area (Å²) in [4.78, 5) is 35.5. The minimum absolute atomic E-state index is 0.00901. The number of primary amides is 1. The lowest BCUT2D eigenvalue weighted by molar-refractivity contribution is -0.384. The number of thiol groups is 1. The highest BCUT2D eigenvalue weighted by Gasteiger charge is 2.37. The number of amides is 2. The Balaban J connectivity index is 1.92. The second kappa shape index (κ2) is 8.57. The van der Waals surface area contributed by atoms with E-state index in [0.717, 1.165) is 0 Å². The maximum absolute atomic E-state index is 12.4. The molecule has 0 bridgehead atoms. The van der Waals surface area contributed by atoms with Crippen LogP contribution in [0.15, 0.2) is 24.3 Å². The fourth-order valence-corrected chi connectivity index (χ4v) is 3.01. The van der Waals surface area contributed by atoms with Gasteiger partial charge in [-0.2, -0.15) is 12.6 Å². The summed E-state index contributed by atoms with van der Waals surface area (Å²) in [6.45, 7) is 3.66. The van der Waals surface area contributed by atoms with Crippen LogP contribution in [-0.2, 0) is 20.9 Å². The summed E-state index contributed by atoms with van der Waals surface area (Å²) in [6, 6.07) is 5.49. The maximum Gasteiger partial charge on any atom is 0.410 e. The first kappa shape index (κ1) is 21.0. The molecular weight excluding hydrogens is 374 g/mol. The third-order valence-electron chi connectivity index (χ3n) is 4.37. The van der Waals surface area contributed by atoms with E-state index in [4.69, 9.17) is 15.2 Å². The van der Waals surface area contributed by atoms with Crippen molar-refractivity contribution in [3.63, 3.8) is 0 Å². The first-order chi connectivity index (χ1) is 12.6. The summed E-state index contributed by atoms with van der Waals surface area (Å²) in [7, 11) is 0. The monoisotopic (exact) mass is 397 g/mol. The Hall–Kier alpha value is -2.33. The van der Waals surface area contributed by atoms with Gasteiger partial charge in [-0.3, -0.25) is 14.9 Å². The lowest BCUT2D eigenvalue weighted by Gasteiger charge is -2.28. The number of nitro groups is 1. The molecule has 1 aliphatic rings. The number of hydrogen-bond donors (Lipinski definition) is 2. The molecule has 0 aliphatic carbocycles. The van der Waals surface area contributed by atoms with Crippen molar-refractivity contribution in [3.05, 3.63) is 39.9 Å². The van der Waals surface area contributed by atoms with Crippen LogP contribution in [0.2, 0.25) is 0 Å². The largest absolute Gasteiger partial charge is 0.445 e. The number of nitro benzene ring substituents is 1. The summed E-state index contributed by atoms with van der Waals surface area (Å²) in [5.74, 6) is -0.588. The van der Waals surface area contributed by atoms with Crippen LogP contribution in [-0.4, -0.2) is 51.9 Å². The number of benzene rings is 1. The molecule has 0 unspecified atom stereocenters. The predicted molar refractivity (Wildman–Crippen MR) is 100 cm³/mol. The van der Waals surface area contributed by atoms with Gasteiger partial charge in [-0.25, -0.2) is 4.79 Å². The molecule has 1 heterocycles. The van der Waals surface area contributed by atoms with E-state index in [1.165, 1.54) is 29.2 Å². The maximum atomic E-state index is 12.4. The van der Waals surface area contributed by atoms with Crippen molar-refractivity contribution in [2.24, 2.45) is 5.73 Å². The minimum Gasteiger partial charge on any atom is -0.445 e. The summed E-state index contributed by atoms with van der Waals surface area (Å²) in [5.41, 5.74) is 4.76. The Kier molecular flexibility index (Phi) is 6.66. The summed E-state index contributed by atoms with van der Waals surface area (Å²) in [5, 5.41) is 10.6. The molecule has 2 amide bonds. The van der Waals surface area contributed by atoms with Crippen LogP contribution in [0.3, 0.4) is 0 Å². The minimum atomic E-state index is -1.14. The number of carbonyl (C=O) groups excluding carboxylic acids is 2. The Bertz CT molecular complexity index is 709. The van der Waals surface area contributed by atoms with E-state index in [2.05, 4.69) is 12.6 Å². The highest BCUT2D eigenvalue weighted by molar-refractivity contribution is 7.81. The van der Waals surface area contributed by atoms with Crippen LogP contribution in [0.5, 0.6) is 0 Å². The van der Waals surface area contributed by atoms with Crippen LogP contribution >= 0.6 is 12.6 Å². The lowest BCUT2D eigenvalue weighted by Crippen LogP contribution is -2.45. The first-order valence-corrected chi connectivity index (χ1v) is 8.90. The van der Waals surface area contributed by atoms with Gasteiger partial charge in [-0.05, 0) is 38.0 Å². The zero-order chi connectivity index (χ0) is 20.2. The molecule has 0 saturated carbocycles. The number of likely N-dealkylation sites (tertiary alicyclic amines) is 1. The van der Waals surface area contributed by atoms with Crippen molar-refractivity contribution < 1.29 is 24.0 Å². The molecular formula is C17H23N3O6S.